The minimum absolute atomic E-state index is 0.0119. The molecule has 0 spiro atoms. The highest BCUT2D eigenvalue weighted by Crippen LogP contribution is 2.24. The number of hydrogen-bond acceptors (Lipinski definition) is 5. The summed E-state index contributed by atoms with van der Waals surface area (Å²) in [5.74, 6) is 0.150. The molecule has 3 aromatic rings. The fourth-order valence-corrected chi connectivity index (χ4v) is 4.67. The van der Waals surface area contributed by atoms with Crippen molar-refractivity contribution in [2.24, 2.45) is 5.92 Å². The van der Waals surface area contributed by atoms with E-state index in [0.717, 1.165) is 35.4 Å². The summed E-state index contributed by atoms with van der Waals surface area (Å²) in [7, 11) is 1.62. The van der Waals surface area contributed by atoms with Gasteiger partial charge >= 0.3 is 5.97 Å². The molecule has 0 N–H and O–H groups in total. The number of benzene rings is 3. The molecule has 7 heteroatoms. The highest BCUT2D eigenvalue weighted by Gasteiger charge is 2.29. The first-order valence-electron chi connectivity index (χ1n) is 13.0. The highest BCUT2D eigenvalue weighted by atomic mass is 16.5. The van der Waals surface area contributed by atoms with Crippen LogP contribution in [0.25, 0.3) is 0 Å². The maximum atomic E-state index is 13.5. The van der Waals surface area contributed by atoms with Gasteiger partial charge in [-0.3, -0.25) is 14.4 Å². The van der Waals surface area contributed by atoms with Crippen molar-refractivity contribution >= 4 is 23.5 Å². The van der Waals surface area contributed by atoms with E-state index in [1.54, 1.807) is 36.0 Å². The third-order valence-electron chi connectivity index (χ3n) is 6.76. The molecule has 0 saturated carbocycles. The van der Waals surface area contributed by atoms with Crippen molar-refractivity contribution in [3.05, 3.63) is 95.6 Å². The molecule has 1 saturated heterocycles. The molecule has 0 unspecified atom stereocenters. The molecule has 198 valence electrons. The Bertz CT molecular complexity index is 1230. The second kappa shape index (κ2) is 12.9. The summed E-state index contributed by atoms with van der Waals surface area (Å²) in [6, 6.07) is 24.4. The zero-order valence-electron chi connectivity index (χ0n) is 22.0. The Morgan fingerprint density at radius 2 is 1.61 bits per heavy atom. The molecular formula is C31H34N2O5. The molecule has 0 bridgehead atoms. The number of piperidine rings is 1. The first-order valence-corrected chi connectivity index (χ1v) is 13.0. The Balaban J connectivity index is 1.48. The number of ether oxygens (including phenoxy) is 2. The van der Waals surface area contributed by atoms with Gasteiger partial charge in [0.15, 0.2) is 0 Å². The molecular weight excluding hydrogens is 480 g/mol. The van der Waals surface area contributed by atoms with Crippen LogP contribution in [-0.4, -0.2) is 49.5 Å². The van der Waals surface area contributed by atoms with Crippen LogP contribution < -0.4 is 9.64 Å². The first kappa shape index (κ1) is 26.9. The van der Waals surface area contributed by atoms with E-state index in [2.05, 4.69) is 0 Å². The Kier molecular flexibility index (Phi) is 9.14. The molecule has 2 amide bonds. The lowest BCUT2D eigenvalue weighted by atomic mass is 9.97. The zero-order chi connectivity index (χ0) is 26.9. The second-order valence-corrected chi connectivity index (χ2v) is 9.38. The largest absolute Gasteiger partial charge is 0.497 e. The third-order valence-corrected chi connectivity index (χ3v) is 6.76. The van der Waals surface area contributed by atoms with Gasteiger partial charge in [-0.05, 0) is 67.3 Å². The minimum Gasteiger partial charge on any atom is -0.497 e. The monoisotopic (exact) mass is 514 g/mol. The Morgan fingerprint density at radius 3 is 2.26 bits per heavy atom. The van der Waals surface area contributed by atoms with Gasteiger partial charge in [-0.1, -0.05) is 42.5 Å². The van der Waals surface area contributed by atoms with Gasteiger partial charge < -0.3 is 19.3 Å². The van der Waals surface area contributed by atoms with Crippen LogP contribution in [0.1, 0.15) is 41.3 Å². The van der Waals surface area contributed by atoms with E-state index < -0.39 is 0 Å². The summed E-state index contributed by atoms with van der Waals surface area (Å²) in [4.78, 5) is 42.1. The predicted molar refractivity (Wildman–Crippen MR) is 146 cm³/mol. The molecule has 1 atom stereocenters. The van der Waals surface area contributed by atoms with Crippen LogP contribution in [0.15, 0.2) is 78.9 Å². The number of esters is 1. The standard InChI is InChI=1S/C31H34N2O5/c1-3-38-31(36)26-10-7-19-32(22-26)29(34)20-23-11-15-27(16-12-23)33(30(35)25-8-5-4-6-9-25)21-24-13-17-28(37-2)18-14-24/h4-6,8-9,11-18,26H,3,7,10,19-22H2,1-2H3/t26-/m1/s1. The van der Waals surface area contributed by atoms with Crippen molar-refractivity contribution in [1.82, 2.24) is 4.90 Å². The number of rotatable bonds is 9. The first-order chi connectivity index (χ1) is 18.5. The Labute approximate surface area is 224 Å². The lowest BCUT2D eigenvalue weighted by molar-refractivity contribution is -0.151. The van der Waals surface area contributed by atoms with Gasteiger partial charge in [-0.15, -0.1) is 0 Å². The van der Waals surface area contributed by atoms with Crippen LogP contribution >= 0.6 is 0 Å². The van der Waals surface area contributed by atoms with E-state index in [4.69, 9.17) is 9.47 Å². The summed E-state index contributed by atoms with van der Waals surface area (Å²) in [5.41, 5.74) is 3.16. The lowest BCUT2D eigenvalue weighted by Crippen LogP contribution is -2.43. The molecule has 4 rings (SSSR count). The number of amides is 2. The van der Waals surface area contributed by atoms with E-state index in [1.807, 2.05) is 66.7 Å². The number of methoxy groups -OCH3 is 1. The average molecular weight is 515 g/mol. The van der Waals surface area contributed by atoms with Crippen LogP contribution in [0.3, 0.4) is 0 Å². The molecule has 1 aliphatic heterocycles. The van der Waals surface area contributed by atoms with Crippen molar-refractivity contribution in [2.45, 2.75) is 32.7 Å². The van der Waals surface area contributed by atoms with Gasteiger partial charge in [0.25, 0.3) is 5.91 Å². The van der Waals surface area contributed by atoms with Crippen LogP contribution in [0.2, 0.25) is 0 Å². The Morgan fingerprint density at radius 1 is 0.921 bits per heavy atom. The minimum atomic E-state index is -0.259. The number of nitrogens with zero attached hydrogens (tertiary/aromatic N) is 2. The average Bonchev–Trinajstić information content (AvgIpc) is 2.97. The van der Waals surface area contributed by atoms with E-state index in [0.29, 0.717) is 31.8 Å². The molecule has 0 radical (unpaired) electrons. The quantitative estimate of drug-likeness (QED) is 0.380. The number of anilines is 1. The molecule has 0 aliphatic carbocycles. The molecule has 1 fully saturated rings. The molecule has 1 aliphatic rings. The number of hydrogen-bond donors (Lipinski definition) is 0. The lowest BCUT2D eigenvalue weighted by Gasteiger charge is -2.31. The summed E-state index contributed by atoms with van der Waals surface area (Å²) in [5, 5.41) is 0. The topological polar surface area (TPSA) is 76.2 Å². The van der Waals surface area contributed by atoms with Gasteiger partial charge in [0.05, 0.1) is 32.6 Å². The number of carbonyl (C=O) groups excluding carboxylic acids is 3. The Hall–Kier alpha value is -4.13. The summed E-state index contributed by atoms with van der Waals surface area (Å²) in [6.07, 6.45) is 1.77. The fourth-order valence-electron chi connectivity index (χ4n) is 4.67. The van der Waals surface area contributed by atoms with Gasteiger partial charge in [0.2, 0.25) is 5.91 Å². The summed E-state index contributed by atoms with van der Waals surface area (Å²) < 4.78 is 10.4. The van der Waals surface area contributed by atoms with Gasteiger partial charge in [-0.25, -0.2) is 0 Å². The van der Waals surface area contributed by atoms with Crippen LogP contribution in [0, 0.1) is 5.92 Å². The van der Waals surface area contributed by atoms with Crippen molar-refractivity contribution < 1.29 is 23.9 Å². The van der Waals surface area contributed by atoms with Gasteiger partial charge in [-0.2, -0.15) is 0 Å². The maximum absolute atomic E-state index is 13.5. The molecule has 38 heavy (non-hydrogen) atoms. The normalized spacial score (nSPS) is 15.0. The van der Waals surface area contributed by atoms with Crippen molar-refractivity contribution in [2.75, 3.05) is 31.7 Å². The van der Waals surface area contributed by atoms with E-state index >= 15 is 0 Å². The third kappa shape index (κ3) is 6.79. The summed E-state index contributed by atoms with van der Waals surface area (Å²) >= 11 is 0. The second-order valence-electron chi connectivity index (χ2n) is 9.38. The van der Waals surface area contributed by atoms with Crippen molar-refractivity contribution in [3.8, 4) is 5.75 Å². The van der Waals surface area contributed by atoms with Crippen LogP contribution in [-0.2, 0) is 27.3 Å². The number of carbonyl (C=O) groups is 3. The maximum Gasteiger partial charge on any atom is 0.310 e. The fraction of sp³-hybridized carbons (Fsp3) is 0.323. The molecule has 3 aromatic carbocycles. The molecule has 7 nitrogen and oxygen atoms in total. The van der Waals surface area contributed by atoms with E-state index in [9.17, 15) is 14.4 Å². The van der Waals surface area contributed by atoms with Crippen LogP contribution in [0.4, 0.5) is 5.69 Å². The highest BCUT2D eigenvalue weighted by molar-refractivity contribution is 6.06. The molecule has 1 heterocycles. The van der Waals surface area contributed by atoms with E-state index in [1.165, 1.54) is 0 Å². The predicted octanol–water partition coefficient (Wildman–Crippen LogP) is 4.89. The smallest absolute Gasteiger partial charge is 0.310 e. The van der Waals surface area contributed by atoms with Gasteiger partial charge in [0, 0.05) is 24.3 Å². The SMILES string of the molecule is CCOC(=O)[C@@H]1CCCN(C(=O)Cc2ccc(N(Cc3ccc(OC)cc3)C(=O)c3ccccc3)cc2)C1. The number of likely N-dealkylation sites (tertiary alicyclic amines) is 1. The van der Waals surface area contributed by atoms with Crippen molar-refractivity contribution in [1.29, 1.82) is 0 Å². The van der Waals surface area contributed by atoms with Gasteiger partial charge in [0.1, 0.15) is 5.75 Å². The zero-order valence-corrected chi connectivity index (χ0v) is 22.0. The molecule has 0 aromatic heterocycles. The van der Waals surface area contributed by atoms with Crippen LogP contribution in [0.5, 0.6) is 5.75 Å². The summed E-state index contributed by atoms with van der Waals surface area (Å²) in [6.45, 7) is 3.57. The van der Waals surface area contributed by atoms with Crippen molar-refractivity contribution in [3.63, 3.8) is 0 Å². The van der Waals surface area contributed by atoms with E-state index in [-0.39, 0.29) is 30.1 Å².